The molecule has 0 bridgehead atoms. The van der Waals surface area contributed by atoms with Crippen LogP contribution in [0.5, 0.6) is 0 Å². The van der Waals surface area contributed by atoms with Gasteiger partial charge in [-0.15, -0.1) is 0 Å². The first-order valence-corrected chi connectivity index (χ1v) is 7.05. The number of hydrogen-bond acceptors (Lipinski definition) is 3. The van der Waals surface area contributed by atoms with Crippen molar-refractivity contribution in [2.24, 2.45) is 5.92 Å². The van der Waals surface area contributed by atoms with Crippen molar-refractivity contribution < 1.29 is 8.42 Å². The summed E-state index contributed by atoms with van der Waals surface area (Å²) in [6.07, 6.45) is 0.823. The normalized spacial score (nSPS) is 16.7. The Balaban J connectivity index is 4.48. The Morgan fingerprint density at radius 1 is 1.20 bits per heavy atom. The van der Waals surface area contributed by atoms with E-state index in [1.54, 1.807) is 14.0 Å². The molecule has 0 radical (unpaired) electrons. The van der Waals surface area contributed by atoms with Gasteiger partial charge >= 0.3 is 0 Å². The molecule has 0 heterocycles. The minimum absolute atomic E-state index is 0.0364. The van der Waals surface area contributed by atoms with Crippen LogP contribution in [0.25, 0.3) is 0 Å². The van der Waals surface area contributed by atoms with Gasteiger partial charge in [0.25, 0.3) is 0 Å². The summed E-state index contributed by atoms with van der Waals surface area (Å²) in [6, 6.07) is 0.0364. The molecule has 0 aliphatic rings. The van der Waals surface area contributed by atoms with Gasteiger partial charge in [-0.3, -0.25) is 0 Å². The average Bonchev–Trinajstić information content (AvgIpc) is 2.14. The summed E-state index contributed by atoms with van der Waals surface area (Å²) in [5, 5.41) is 2.48. The lowest BCUT2D eigenvalue weighted by molar-refractivity contribution is 0.434. The van der Waals surface area contributed by atoms with Crippen molar-refractivity contribution in [2.45, 2.75) is 45.4 Å². The topological polar surface area (TPSA) is 58.2 Å². The van der Waals surface area contributed by atoms with E-state index in [1.807, 2.05) is 20.8 Å². The molecule has 0 aromatic rings. The highest BCUT2D eigenvalue weighted by molar-refractivity contribution is 7.90. The molecule has 0 aromatic carbocycles. The molecule has 0 fully saturated rings. The van der Waals surface area contributed by atoms with Crippen molar-refractivity contribution in [1.29, 1.82) is 0 Å². The van der Waals surface area contributed by atoms with E-state index in [4.69, 9.17) is 0 Å². The molecule has 0 spiro atoms. The molecule has 92 valence electrons. The highest BCUT2D eigenvalue weighted by Crippen LogP contribution is 2.09. The Bertz CT molecular complexity index is 263. The van der Waals surface area contributed by atoms with Crippen LogP contribution in [-0.2, 0) is 10.0 Å². The number of sulfonamides is 1. The van der Waals surface area contributed by atoms with Gasteiger partial charge in [0.05, 0.1) is 5.25 Å². The third-order valence-corrected chi connectivity index (χ3v) is 4.44. The number of rotatable bonds is 7. The summed E-state index contributed by atoms with van der Waals surface area (Å²) in [5.41, 5.74) is 0. The van der Waals surface area contributed by atoms with Crippen LogP contribution < -0.4 is 10.0 Å². The maximum atomic E-state index is 11.8. The van der Waals surface area contributed by atoms with Gasteiger partial charge in [0.1, 0.15) is 0 Å². The molecule has 0 rings (SSSR count). The van der Waals surface area contributed by atoms with Crippen LogP contribution in [0.4, 0.5) is 0 Å². The van der Waals surface area contributed by atoms with Crippen LogP contribution >= 0.6 is 0 Å². The van der Waals surface area contributed by atoms with E-state index in [-0.39, 0.29) is 6.04 Å². The molecule has 0 aliphatic carbocycles. The largest absolute Gasteiger partial charge is 0.318 e. The highest BCUT2D eigenvalue weighted by atomic mass is 32.2. The zero-order chi connectivity index (χ0) is 12.1. The Hall–Kier alpha value is -0.130. The van der Waals surface area contributed by atoms with Crippen molar-refractivity contribution >= 4 is 10.0 Å². The van der Waals surface area contributed by atoms with Gasteiger partial charge in [-0.2, -0.15) is 0 Å². The van der Waals surface area contributed by atoms with E-state index in [0.717, 1.165) is 6.42 Å². The monoisotopic (exact) mass is 236 g/mol. The Labute approximate surface area is 93.9 Å². The third-order valence-electron chi connectivity index (χ3n) is 2.58. The Kier molecular flexibility index (Phi) is 6.40. The van der Waals surface area contributed by atoms with Gasteiger partial charge < -0.3 is 5.32 Å². The lowest BCUT2D eigenvalue weighted by Gasteiger charge is -2.23. The molecule has 0 saturated carbocycles. The van der Waals surface area contributed by atoms with E-state index in [9.17, 15) is 8.42 Å². The molecule has 0 amide bonds. The summed E-state index contributed by atoms with van der Waals surface area (Å²) < 4.78 is 26.4. The van der Waals surface area contributed by atoms with Crippen molar-refractivity contribution in [3.8, 4) is 0 Å². The lowest BCUT2D eigenvalue weighted by atomic mass is 10.0. The second-order valence-electron chi connectivity index (χ2n) is 4.29. The first-order valence-electron chi connectivity index (χ1n) is 5.50. The predicted octanol–water partition coefficient (Wildman–Crippen LogP) is 0.948. The van der Waals surface area contributed by atoms with Crippen molar-refractivity contribution in [3.05, 3.63) is 0 Å². The SMILES string of the molecule is CCC(NS(=O)(=O)C(C)CNC)C(C)C. The fourth-order valence-electron chi connectivity index (χ4n) is 1.42. The Morgan fingerprint density at radius 2 is 1.73 bits per heavy atom. The maximum absolute atomic E-state index is 11.8. The fraction of sp³-hybridized carbons (Fsp3) is 1.00. The quantitative estimate of drug-likeness (QED) is 0.692. The minimum Gasteiger partial charge on any atom is -0.318 e. The minimum atomic E-state index is -3.19. The van der Waals surface area contributed by atoms with Crippen LogP contribution in [0.15, 0.2) is 0 Å². The molecule has 4 nitrogen and oxygen atoms in total. The van der Waals surface area contributed by atoms with Gasteiger partial charge in [-0.1, -0.05) is 20.8 Å². The third kappa shape index (κ3) is 4.95. The predicted molar refractivity (Wildman–Crippen MR) is 64.4 cm³/mol. The van der Waals surface area contributed by atoms with Crippen molar-refractivity contribution in [3.63, 3.8) is 0 Å². The smallest absolute Gasteiger partial charge is 0.215 e. The van der Waals surface area contributed by atoms with Crippen LogP contribution in [0.2, 0.25) is 0 Å². The zero-order valence-corrected chi connectivity index (χ0v) is 11.2. The maximum Gasteiger partial charge on any atom is 0.215 e. The fourth-order valence-corrected chi connectivity index (χ4v) is 2.89. The van der Waals surface area contributed by atoms with E-state index in [1.165, 1.54) is 0 Å². The molecule has 2 atom stereocenters. The van der Waals surface area contributed by atoms with E-state index >= 15 is 0 Å². The van der Waals surface area contributed by atoms with Gasteiger partial charge in [-0.25, -0.2) is 13.1 Å². The van der Waals surface area contributed by atoms with Crippen LogP contribution in [-0.4, -0.2) is 33.3 Å². The van der Waals surface area contributed by atoms with Crippen molar-refractivity contribution in [2.75, 3.05) is 13.6 Å². The first kappa shape index (κ1) is 14.9. The summed E-state index contributed by atoms with van der Waals surface area (Å²) in [5.74, 6) is 0.326. The molecule has 0 aliphatic heterocycles. The molecular weight excluding hydrogens is 212 g/mol. The first-order chi connectivity index (χ1) is 6.85. The van der Waals surface area contributed by atoms with E-state index < -0.39 is 15.3 Å². The molecule has 15 heavy (non-hydrogen) atoms. The molecule has 5 heteroatoms. The zero-order valence-electron chi connectivity index (χ0n) is 10.4. The van der Waals surface area contributed by atoms with Crippen LogP contribution in [0.3, 0.4) is 0 Å². The number of hydrogen-bond donors (Lipinski definition) is 2. The Morgan fingerprint density at radius 3 is 2.07 bits per heavy atom. The molecule has 2 unspecified atom stereocenters. The van der Waals surface area contributed by atoms with Crippen LogP contribution in [0, 0.1) is 5.92 Å². The lowest BCUT2D eigenvalue weighted by Crippen LogP contribution is -2.44. The highest BCUT2D eigenvalue weighted by Gasteiger charge is 2.24. The van der Waals surface area contributed by atoms with Crippen LogP contribution in [0.1, 0.15) is 34.1 Å². The van der Waals surface area contributed by atoms with Gasteiger partial charge in [-0.05, 0) is 26.3 Å². The van der Waals surface area contributed by atoms with E-state index in [0.29, 0.717) is 12.5 Å². The second-order valence-corrected chi connectivity index (χ2v) is 6.42. The van der Waals surface area contributed by atoms with Gasteiger partial charge in [0, 0.05) is 12.6 Å². The molecule has 0 aromatic heterocycles. The summed E-state index contributed by atoms with van der Waals surface area (Å²) >= 11 is 0. The van der Waals surface area contributed by atoms with Crippen molar-refractivity contribution in [1.82, 2.24) is 10.0 Å². The molecular formula is C10H24N2O2S. The summed E-state index contributed by atoms with van der Waals surface area (Å²) in [4.78, 5) is 0. The summed E-state index contributed by atoms with van der Waals surface area (Å²) in [7, 11) is -1.44. The summed E-state index contributed by atoms with van der Waals surface area (Å²) in [6.45, 7) is 8.24. The number of nitrogens with one attached hydrogen (secondary N) is 2. The van der Waals surface area contributed by atoms with E-state index in [2.05, 4.69) is 10.0 Å². The standard InChI is InChI=1S/C10H24N2O2S/c1-6-10(8(2)3)12-15(13,14)9(4)7-11-5/h8-12H,6-7H2,1-5H3. The van der Waals surface area contributed by atoms with Gasteiger partial charge in [0.15, 0.2) is 0 Å². The average molecular weight is 236 g/mol. The molecule has 2 N–H and O–H groups in total. The molecule has 0 saturated heterocycles. The second kappa shape index (κ2) is 6.45. The van der Waals surface area contributed by atoms with Gasteiger partial charge in [0.2, 0.25) is 10.0 Å².